The molecule has 8 heteroatoms. The number of thiocarbonyl (C=S) groups is 1. The van der Waals surface area contributed by atoms with Gasteiger partial charge in [0.2, 0.25) is 0 Å². The van der Waals surface area contributed by atoms with E-state index in [1.165, 1.54) is 13.1 Å². The Kier molecular flexibility index (Phi) is 6.40. The second-order valence-electron chi connectivity index (χ2n) is 3.58. The van der Waals surface area contributed by atoms with Gasteiger partial charge in [-0.25, -0.2) is 0 Å². The molecule has 0 fully saturated rings. The van der Waals surface area contributed by atoms with Crippen molar-refractivity contribution in [2.75, 3.05) is 6.61 Å². The minimum Gasteiger partial charge on any atom is -0.490 e. The van der Waals surface area contributed by atoms with Gasteiger partial charge in [0.1, 0.15) is 0 Å². The van der Waals surface area contributed by atoms with Gasteiger partial charge in [0, 0.05) is 17.0 Å². The fraction of sp³-hybridized carbons (Fsp3) is 0.250. The zero-order chi connectivity index (χ0) is 15.1. The summed E-state index contributed by atoms with van der Waals surface area (Å²) in [7, 11) is 0. The van der Waals surface area contributed by atoms with E-state index in [-0.39, 0.29) is 5.11 Å². The summed E-state index contributed by atoms with van der Waals surface area (Å²) in [6.45, 7) is 3.60. The minimum atomic E-state index is -0.422. The number of carbonyl (C=O) groups is 1. The molecule has 20 heavy (non-hydrogen) atoms. The average Bonchev–Trinajstić information content (AvgIpc) is 2.33. The van der Waals surface area contributed by atoms with Crippen LogP contribution >= 0.6 is 28.1 Å². The molecule has 0 radical (unpaired) electrons. The first-order valence-electron chi connectivity index (χ1n) is 5.67. The summed E-state index contributed by atoms with van der Waals surface area (Å²) >= 11 is 8.00. The van der Waals surface area contributed by atoms with Crippen LogP contribution in [0.15, 0.2) is 21.7 Å². The van der Waals surface area contributed by atoms with Gasteiger partial charge in [-0.15, -0.1) is 0 Å². The molecule has 0 atom stereocenters. The molecule has 0 amide bonds. The van der Waals surface area contributed by atoms with Crippen LogP contribution in [0, 0.1) is 0 Å². The summed E-state index contributed by atoms with van der Waals surface area (Å²) in [4.78, 5) is 11.1. The molecule has 0 unspecified atom stereocenters. The molecular formula is C12H14BrN3O3S. The number of rotatable bonds is 5. The first-order valence-corrected chi connectivity index (χ1v) is 6.87. The van der Waals surface area contributed by atoms with Crippen LogP contribution in [0.3, 0.4) is 0 Å². The van der Waals surface area contributed by atoms with E-state index < -0.39 is 5.97 Å². The van der Waals surface area contributed by atoms with Crippen molar-refractivity contribution in [3.05, 3.63) is 22.2 Å². The summed E-state index contributed by atoms with van der Waals surface area (Å²) in [5, 5.41) is 3.93. The molecule has 0 aliphatic carbocycles. The summed E-state index contributed by atoms with van der Waals surface area (Å²) in [6, 6.07) is 3.32. The lowest BCUT2D eigenvalue weighted by Crippen LogP contribution is -2.24. The lowest BCUT2D eigenvalue weighted by atomic mass is 10.2. The standard InChI is InChI=1S/C12H14BrN3O3S/c1-3-18-10-4-8(6-15-16-12(14)20)9(13)5-11(10)19-7(2)17/h4-6H,3H2,1-2H3,(H3,14,16,20). The summed E-state index contributed by atoms with van der Waals surface area (Å²) < 4.78 is 11.2. The molecule has 1 rings (SSSR count). The van der Waals surface area contributed by atoms with Crippen molar-refractivity contribution in [2.24, 2.45) is 10.8 Å². The van der Waals surface area contributed by atoms with E-state index in [4.69, 9.17) is 15.2 Å². The number of ether oxygens (including phenoxy) is 2. The van der Waals surface area contributed by atoms with Crippen LogP contribution in [-0.2, 0) is 4.79 Å². The fourth-order valence-corrected chi connectivity index (χ4v) is 1.80. The molecule has 1 aromatic carbocycles. The maximum absolute atomic E-state index is 11.1. The van der Waals surface area contributed by atoms with Crippen LogP contribution in [0.2, 0.25) is 0 Å². The molecule has 1 aromatic rings. The van der Waals surface area contributed by atoms with Gasteiger partial charge >= 0.3 is 5.97 Å². The number of carbonyl (C=O) groups excluding carboxylic acids is 1. The number of nitrogens with zero attached hydrogens (tertiary/aromatic N) is 1. The SMILES string of the molecule is CCOc1cc(C=NNC(N)=S)c(Br)cc1OC(C)=O. The number of halogens is 1. The largest absolute Gasteiger partial charge is 0.490 e. The number of hydrazone groups is 1. The van der Waals surface area contributed by atoms with E-state index in [0.717, 1.165) is 0 Å². The van der Waals surface area contributed by atoms with Crippen molar-refractivity contribution < 1.29 is 14.3 Å². The Hall–Kier alpha value is -1.67. The van der Waals surface area contributed by atoms with Crippen LogP contribution in [0.4, 0.5) is 0 Å². The smallest absolute Gasteiger partial charge is 0.308 e. The molecule has 108 valence electrons. The van der Waals surface area contributed by atoms with Gasteiger partial charge in [0.25, 0.3) is 0 Å². The quantitative estimate of drug-likeness (QED) is 0.274. The maximum Gasteiger partial charge on any atom is 0.308 e. The lowest BCUT2D eigenvalue weighted by Gasteiger charge is -2.11. The predicted molar refractivity (Wildman–Crippen MR) is 84.1 cm³/mol. The van der Waals surface area contributed by atoms with E-state index in [9.17, 15) is 4.79 Å². The van der Waals surface area contributed by atoms with E-state index >= 15 is 0 Å². The molecule has 0 aliphatic rings. The second-order valence-corrected chi connectivity index (χ2v) is 4.88. The lowest BCUT2D eigenvalue weighted by molar-refractivity contribution is -0.132. The number of hydrogen-bond acceptors (Lipinski definition) is 5. The van der Waals surface area contributed by atoms with Crippen LogP contribution in [0.5, 0.6) is 11.5 Å². The average molecular weight is 360 g/mol. The highest BCUT2D eigenvalue weighted by Gasteiger charge is 2.11. The highest BCUT2D eigenvalue weighted by Crippen LogP contribution is 2.33. The first kappa shape index (κ1) is 16.4. The fourth-order valence-electron chi connectivity index (χ4n) is 1.32. The van der Waals surface area contributed by atoms with Gasteiger partial charge in [-0.3, -0.25) is 10.2 Å². The Bertz CT molecular complexity index is 549. The zero-order valence-corrected chi connectivity index (χ0v) is 13.4. The Morgan fingerprint density at radius 3 is 2.80 bits per heavy atom. The second kappa shape index (κ2) is 7.81. The molecule has 0 bridgehead atoms. The molecule has 6 nitrogen and oxygen atoms in total. The molecular weight excluding hydrogens is 346 g/mol. The molecule has 0 aliphatic heterocycles. The van der Waals surface area contributed by atoms with Gasteiger partial charge in [-0.05, 0) is 47.2 Å². The third-order valence-electron chi connectivity index (χ3n) is 1.99. The van der Waals surface area contributed by atoms with Gasteiger partial charge in [0.15, 0.2) is 16.6 Å². The van der Waals surface area contributed by atoms with Crippen molar-refractivity contribution in [2.45, 2.75) is 13.8 Å². The van der Waals surface area contributed by atoms with E-state index in [0.29, 0.717) is 28.1 Å². The third-order valence-corrected chi connectivity index (χ3v) is 2.77. The Morgan fingerprint density at radius 1 is 1.55 bits per heavy atom. The van der Waals surface area contributed by atoms with Gasteiger partial charge in [-0.2, -0.15) is 5.10 Å². The third kappa shape index (κ3) is 5.14. The van der Waals surface area contributed by atoms with Gasteiger partial charge in [-0.1, -0.05) is 0 Å². The monoisotopic (exact) mass is 359 g/mol. The summed E-state index contributed by atoms with van der Waals surface area (Å²) in [6.07, 6.45) is 1.52. The number of benzene rings is 1. The van der Waals surface area contributed by atoms with Crippen LogP contribution < -0.4 is 20.6 Å². The van der Waals surface area contributed by atoms with Gasteiger partial charge < -0.3 is 15.2 Å². The molecule has 0 heterocycles. The van der Waals surface area contributed by atoms with E-state index in [1.54, 1.807) is 12.1 Å². The minimum absolute atomic E-state index is 0.0685. The Labute approximate surface area is 130 Å². The first-order chi connectivity index (χ1) is 9.43. The van der Waals surface area contributed by atoms with Crippen molar-refractivity contribution in [1.29, 1.82) is 0 Å². The Morgan fingerprint density at radius 2 is 2.25 bits per heavy atom. The summed E-state index contributed by atoms with van der Waals surface area (Å²) in [5.74, 6) is 0.364. The predicted octanol–water partition coefficient (Wildman–Crippen LogP) is 1.94. The van der Waals surface area contributed by atoms with Crippen molar-refractivity contribution >= 4 is 45.4 Å². The number of esters is 1. The molecule has 0 saturated heterocycles. The summed E-state index contributed by atoms with van der Waals surface area (Å²) in [5.41, 5.74) is 8.43. The molecule has 0 aromatic heterocycles. The number of nitrogens with two attached hydrogens (primary N) is 1. The van der Waals surface area contributed by atoms with E-state index in [2.05, 4.69) is 38.7 Å². The highest BCUT2D eigenvalue weighted by molar-refractivity contribution is 9.10. The van der Waals surface area contributed by atoms with Crippen LogP contribution in [0.1, 0.15) is 19.4 Å². The molecule has 0 saturated carbocycles. The van der Waals surface area contributed by atoms with Crippen LogP contribution in [0.25, 0.3) is 0 Å². The van der Waals surface area contributed by atoms with E-state index in [1.807, 2.05) is 6.92 Å². The molecule has 0 spiro atoms. The number of nitrogens with one attached hydrogen (secondary N) is 1. The normalized spacial score (nSPS) is 10.3. The topological polar surface area (TPSA) is 85.9 Å². The highest BCUT2D eigenvalue weighted by atomic mass is 79.9. The van der Waals surface area contributed by atoms with Gasteiger partial charge in [0.05, 0.1) is 12.8 Å². The zero-order valence-electron chi connectivity index (χ0n) is 11.0. The van der Waals surface area contributed by atoms with Crippen molar-refractivity contribution in [3.8, 4) is 11.5 Å². The maximum atomic E-state index is 11.1. The van der Waals surface area contributed by atoms with Crippen LogP contribution in [-0.4, -0.2) is 23.9 Å². The van der Waals surface area contributed by atoms with Crippen molar-refractivity contribution in [3.63, 3.8) is 0 Å². The number of hydrogen-bond donors (Lipinski definition) is 2. The molecule has 3 N–H and O–H groups in total. The Balaban J connectivity index is 3.08. The van der Waals surface area contributed by atoms with Crippen molar-refractivity contribution in [1.82, 2.24) is 5.43 Å².